The lowest BCUT2D eigenvalue weighted by Crippen LogP contribution is -2.45. The normalized spacial score (nSPS) is 28.7. The van der Waals surface area contributed by atoms with Gasteiger partial charge in [0.1, 0.15) is 0 Å². The van der Waals surface area contributed by atoms with E-state index in [1.165, 1.54) is 25.8 Å². The summed E-state index contributed by atoms with van der Waals surface area (Å²) in [5.74, 6) is 2.26. The van der Waals surface area contributed by atoms with Gasteiger partial charge in [0, 0.05) is 44.7 Å². The lowest BCUT2D eigenvalue weighted by Gasteiger charge is -2.21. The molecule has 0 spiro atoms. The summed E-state index contributed by atoms with van der Waals surface area (Å²) in [7, 11) is 2.18. The topological polar surface area (TPSA) is 60.0 Å². The minimum Gasteiger partial charge on any atom is -0.357 e. The molecular formula is C19H35N5O. The van der Waals surface area contributed by atoms with Crippen LogP contribution in [0.5, 0.6) is 0 Å². The summed E-state index contributed by atoms with van der Waals surface area (Å²) < 4.78 is 0. The fourth-order valence-electron chi connectivity index (χ4n) is 4.42. The zero-order valence-corrected chi connectivity index (χ0v) is 16.0. The number of hydrogen-bond acceptors (Lipinski definition) is 3. The third kappa shape index (κ3) is 5.09. The second kappa shape index (κ2) is 8.88. The maximum Gasteiger partial charge on any atom is 0.225 e. The maximum atomic E-state index is 12.6. The summed E-state index contributed by atoms with van der Waals surface area (Å²) >= 11 is 0. The molecular weight excluding hydrogens is 314 g/mol. The Hall–Kier alpha value is -1.30. The number of carbonyl (C=O) groups is 1. The molecule has 6 nitrogen and oxygen atoms in total. The van der Waals surface area contributed by atoms with E-state index < -0.39 is 0 Å². The zero-order chi connectivity index (χ0) is 17.6. The zero-order valence-electron chi connectivity index (χ0n) is 16.0. The smallest absolute Gasteiger partial charge is 0.225 e. The monoisotopic (exact) mass is 349 g/mol. The van der Waals surface area contributed by atoms with Crippen LogP contribution in [-0.4, -0.2) is 74.0 Å². The van der Waals surface area contributed by atoms with Crippen LogP contribution in [0.4, 0.5) is 0 Å². The van der Waals surface area contributed by atoms with Crippen LogP contribution in [0.3, 0.4) is 0 Å². The Bertz CT molecular complexity index is 474. The van der Waals surface area contributed by atoms with Crippen LogP contribution >= 0.6 is 0 Å². The van der Waals surface area contributed by atoms with Gasteiger partial charge in [-0.3, -0.25) is 9.79 Å². The van der Waals surface area contributed by atoms with Crippen LogP contribution in [-0.2, 0) is 4.79 Å². The van der Waals surface area contributed by atoms with Gasteiger partial charge in [-0.1, -0.05) is 12.8 Å². The standard InChI is InChI=1S/C19H35N5O/c1-3-20-19(21-12-15-8-10-23(2)13-15)22-17-9-11-24(14-17)18(25)16-6-4-5-7-16/h15-17H,3-14H2,1-2H3,(H2,20,21,22). The first-order valence-corrected chi connectivity index (χ1v) is 10.2. The molecule has 3 aliphatic rings. The van der Waals surface area contributed by atoms with E-state index in [1.54, 1.807) is 0 Å². The number of nitrogens with zero attached hydrogens (tertiary/aromatic N) is 3. The van der Waals surface area contributed by atoms with Gasteiger partial charge < -0.3 is 20.4 Å². The second-order valence-corrected chi connectivity index (χ2v) is 8.03. The van der Waals surface area contributed by atoms with Crippen molar-refractivity contribution < 1.29 is 4.79 Å². The van der Waals surface area contributed by atoms with Crippen molar-refractivity contribution in [3.8, 4) is 0 Å². The molecule has 142 valence electrons. The van der Waals surface area contributed by atoms with Gasteiger partial charge in [-0.15, -0.1) is 0 Å². The van der Waals surface area contributed by atoms with Crippen LogP contribution in [0.2, 0.25) is 0 Å². The number of aliphatic imine (C=N–C) groups is 1. The van der Waals surface area contributed by atoms with E-state index in [1.807, 2.05) is 0 Å². The van der Waals surface area contributed by atoms with Gasteiger partial charge in [-0.2, -0.15) is 0 Å². The average Bonchev–Trinajstić information content (AvgIpc) is 3.34. The molecule has 0 aromatic rings. The lowest BCUT2D eigenvalue weighted by atomic mass is 10.1. The first kappa shape index (κ1) is 18.5. The van der Waals surface area contributed by atoms with E-state index in [4.69, 9.17) is 4.99 Å². The van der Waals surface area contributed by atoms with E-state index in [0.29, 0.717) is 23.8 Å². The summed E-state index contributed by atoms with van der Waals surface area (Å²) in [5, 5.41) is 6.92. The molecule has 2 aliphatic heterocycles. The molecule has 2 atom stereocenters. The molecule has 25 heavy (non-hydrogen) atoms. The van der Waals surface area contributed by atoms with Gasteiger partial charge in [0.05, 0.1) is 0 Å². The number of rotatable bonds is 5. The SMILES string of the molecule is CCNC(=NCC1CCN(C)C1)NC1CCN(C(=O)C2CCCC2)C1. The van der Waals surface area contributed by atoms with Crippen molar-refractivity contribution in [2.24, 2.45) is 16.8 Å². The number of amides is 1. The van der Waals surface area contributed by atoms with Crippen molar-refractivity contribution in [1.29, 1.82) is 0 Å². The molecule has 1 aliphatic carbocycles. The Kier molecular flexibility index (Phi) is 6.57. The van der Waals surface area contributed by atoms with Gasteiger partial charge in [-0.25, -0.2) is 0 Å². The van der Waals surface area contributed by atoms with Crippen molar-refractivity contribution in [2.75, 3.05) is 46.3 Å². The molecule has 2 N–H and O–H groups in total. The summed E-state index contributed by atoms with van der Waals surface area (Å²) in [6.07, 6.45) is 6.89. The Morgan fingerprint density at radius 1 is 1.12 bits per heavy atom. The molecule has 6 heteroatoms. The highest BCUT2D eigenvalue weighted by Crippen LogP contribution is 2.27. The number of carbonyl (C=O) groups excluding carboxylic acids is 1. The predicted octanol–water partition coefficient (Wildman–Crippen LogP) is 1.28. The van der Waals surface area contributed by atoms with Crippen molar-refractivity contribution in [3.63, 3.8) is 0 Å². The molecule has 1 amide bonds. The summed E-state index contributed by atoms with van der Waals surface area (Å²) in [5.41, 5.74) is 0. The molecule has 1 saturated carbocycles. The fourth-order valence-corrected chi connectivity index (χ4v) is 4.42. The molecule has 3 fully saturated rings. The number of nitrogens with one attached hydrogen (secondary N) is 2. The molecule has 0 aromatic heterocycles. The van der Waals surface area contributed by atoms with E-state index in [-0.39, 0.29) is 0 Å². The van der Waals surface area contributed by atoms with Crippen LogP contribution in [0.15, 0.2) is 4.99 Å². The van der Waals surface area contributed by atoms with Crippen LogP contribution in [0, 0.1) is 11.8 Å². The average molecular weight is 350 g/mol. The van der Waals surface area contributed by atoms with Gasteiger partial charge in [0.15, 0.2) is 5.96 Å². The first-order chi connectivity index (χ1) is 12.2. The van der Waals surface area contributed by atoms with E-state index in [9.17, 15) is 4.79 Å². The molecule has 2 heterocycles. The van der Waals surface area contributed by atoms with E-state index in [2.05, 4.69) is 34.4 Å². The van der Waals surface area contributed by atoms with Gasteiger partial charge in [0.2, 0.25) is 5.91 Å². The maximum absolute atomic E-state index is 12.6. The highest BCUT2D eigenvalue weighted by molar-refractivity contribution is 5.81. The minimum atomic E-state index is 0.292. The second-order valence-electron chi connectivity index (χ2n) is 8.03. The molecule has 0 aromatic carbocycles. The molecule has 2 unspecified atom stereocenters. The van der Waals surface area contributed by atoms with Crippen LogP contribution in [0.25, 0.3) is 0 Å². The molecule has 0 radical (unpaired) electrons. The third-order valence-corrected chi connectivity index (χ3v) is 5.89. The third-order valence-electron chi connectivity index (χ3n) is 5.89. The Labute approximate surface area is 152 Å². The lowest BCUT2D eigenvalue weighted by molar-refractivity contribution is -0.134. The Balaban J connectivity index is 1.47. The largest absolute Gasteiger partial charge is 0.357 e. The van der Waals surface area contributed by atoms with Gasteiger partial charge in [0.25, 0.3) is 0 Å². The van der Waals surface area contributed by atoms with Crippen molar-refractivity contribution >= 4 is 11.9 Å². The number of hydrogen-bond donors (Lipinski definition) is 2. The summed E-state index contributed by atoms with van der Waals surface area (Å²) in [6.45, 7) is 7.91. The van der Waals surface area contributed by atoms with E-state index >= 15 is 0 Å². The molecule has 2 saturated heterocycles. The highest BCUT2D eigenvalue weighted by atomic mass is 16.2. The van der Waals surface area contributed by atoms with Gasteiger partial charge in [-0.05, 0) is 52.1 Å². The number of guanidine groups is 1. The van der Waals surface area contributed by atoms with Crippen LogP contribution < -0.4 is 10.6 Å². The van der Waals surface area contributed by atoms with Crippen molar-refractivity contribution in [2.45, 2.75) is 51.5 Å². The van der Waals surface area contributed by atoms with Crippen molar-refractivity contribution in [1.82, 2.24) is 20.4 Å². The predicted molar refractivity (Wildman–Crippen MR) is 102 cm³/mol. The van der Waals surface area contributed by atoms with E-state index in [0.717, 1.165) is 57.9 Å². The Morgan fingerprint density at radius 3 is 2.60 bits per heavy atom. The van der Waals surface area contributed by atoms with Crippen LogP contribution in [0.1, 0.15) is 45.4 Å². The quantitative estimate of drug-likeness (QED) is 0.580. The number of likely N-dealkylation sites (tertiary alicyclic amines) is 2. The molecule has 3 rings (SSSR count). The van der Waals surface area contributed by atoms with Gasteiger partial charge >= 0.3 is 0 Å². The fraction of sp³-hybridized carbons (Fsp3) is 0.895. The summed E-state index contributed by atoms with van der Waals surface area (Å²) in [4.78, 5) is 21.8. The first-order valence-electron chi connectivity index (χ1n) is 10.2. The molecule has 0 bridgehead atoms. The highest BCUT2D eigenvalue weighted by Gasteiger charge is 2.32. The summed E-state index contributed by atoms with van der Waals surface area (Å²) in [6, 6.07) is 0.328. The Morgan fingerprint density at radius 2 is 1.92 bits per heavy atom. The minimum absolute atomic E-state index is 0.292. The van der Waals surface area contributed by atoms with Crippen molar-refractivity contribution in [3.05, 3.63) is 0 Å².